The monoisotopic (exact) mass is 129 g/mol. The maximum absolute atomic E-state index is 10.7. The van der Waals surface area contributed by atoms with E-state index in [1.165, 1.54) is 7.11 Å². The summed E-state index contributed by atoms with van der Waals surface area (Å²) in [5, 5.41) is 2.43. The van der Waals surface area contributed by atoms with E-state index in [1.807, 2.05) is 0 Å². The molecule has 52 valence electrons. The van der Waals surface area contributed by atoms with Crippen molar-refractivity contribution in [2.45, 2.75) is 6.92 Å². The highest BCUT2D eigenvalue weighted by atomic mass is 16.5. The molecule has 0 aliphatic carbocycles. The van der Waals surface area contributed by atoms with Crippen LogP contribution in [0.5, 0.6) is 0 Å². The van der Waals surface area contributed by atoms with Crippen molar-refractivity contribution in [3.63, 3.8) is 0 Å². The molecule has 0 spiro atoms. The lowest BCUT2D eigenvalue weighted by Gasteiger charge is -2.01. The number of carbonyl (C=O) groups is 1. The van der Waals surface area contributed by atoms with Crippen molar-refractivity contribution < 1.29 is 9.53 Å². The summed E-state index contributed by atoms with van der Waals surface area (Å²) >= 11 is 0. The van der Waals surface area contributed by atoms with Crippen LogP contribution in [0.15, 0.2) is 11.8 Å². The number of allylic oxidation sites excluding steroid dienone is 1. The van der Waals surface area contributed by atoms with Gasteiger partial charge in [-0.1, -0.05) is 0 Å². The van der Waals surface area contributed by atoms with E-state index in [0.29, 0.717) is 5.76 Å². The molecule has 0 aromatic heterocycles. The Kier molecular flexibility index (Phi) is 3.51. The second-order valence-electron chi connectivity index (χ2n) is 1.44. The Morgan fingerprint density at radius 1 is 1.67 bits per heavy atom. The highest BCUT2D eigenvalue weighted by Crippen LogP contribution is 1.92. The second-order valence-corrected chi connectivity index (χ2v) is 1.44. The molecular formula is C6H11NO2. The number of rotatable bonds is 2. The molecule has 0 aromatic carbocycles. The van der Waals surface area contributed by atoms with Crippen molar-refractivity contribution in [2.24, 2.45) is 0 Å². The van der Waals surface area contributed by atoms with Gasteiger partial charge in [0.15, 0.2) is 5.76 Å². The normalized spacial score (nSPS) is 10.8. The Balaban J connectivity index is 3.97. The molecule has 3 nitrogen and oxygen atoms in total. The molecule has 0 bridgehead atoms. The SMILES string of the molecule is C/C=C(\OC)C(=O)NC. The average molecular weight is 129 g/mol. The highest BCUT2D eigenvalue weighted by molar-refractivity contribution is 5.90. The van der Waals surface area contributed by atoms with Gasteiger partial charge in [-0.3, -0.25) is 4.79 Å². The van der Waals surface area contributed by atoms with Gasteiger partial charge >= 0.3 is 0 Å². The molecule has 0 saturated carbocycles. The number of hydrogen-bond donors (Lipinski definition) is 1. The van der Waals surface area contributed by atoms with Crippen molar-refractivity contribution in [3.8, 4) is 0 Å². The Morgan fingerprint density at radius 3 is 2.33 bits per heavy atom. The highest BCUT2D eigenvalue weighted by Gasteiger charge is 2.02. The van der Waals surface area contributed by atoms with Crippen LogP contribution in [0.1, 0.15) is 6.92 Å². The van der Waals surface area contributed by atoms with Gasteiger partial charge in [-0.15, -0.1) is 0 Å². The summed E-state index contributed by atoms with van der Waals surface area (Å²) in [5.41, 5.74) is 0. The molecule has 0 heterocycles. The fourth-order valence-electron chi connectivity index (χ4n) is 0.465. The molecule has 0 aliphatic rings. The van der Waals surface area contributed by atoms with Crippen molar-refractivity contribution in [1.82, 2.24) is 5.32 Å². The zero-order valence-corrected chi connectivity index (χ0v) is 5.89. The first-order valence-corrected chi connectivity index (χ1v) is 2.68. The van der Waals surface area contributed by atoms with Crippen LogP contribution in [-0.2, 0) is 9.53 Å². The van der Waals surface area contributed by atoms with Gasteiger partial charge in [0.05, 0.1) is 7.11 Å². The van der Waals surface area contributed by atoms with Gasteiger partial charge in [0.1, 0.15) is 0 Å². The topological polar surface area (TPSA) is 38.3 Å². The Hall–Kier alpha value is -0.990. The predicted molar refractivity (Wildman–Crippen MR) is 34.8 cm³/mol. The van der Waals surface area contributed by atoms with Gasteiger partial charge in [0, 0.05) is 7.05 Å². The van der Waals surface area contributed by atoms with Crippen LogP contribution >= 0.6 is 0 Å². The molecule has 0 aliphatic heterocycles. The summed E-state index contributed by atoms with van der Waals surface area (Å²) in [7, 11) is 3.02. The van der Waals surface area contributed by atoms with Crippen LogP contribution in [0.2, 0.25) is 0 Å². The number of likely N-dealkylation sites (N-methyl/N-ethyl adjacent to an activating group) is 1. The molecule has 0 saturated heterocycles. The lowest BCUT2D eigenvalue weighted by Crippen LogP contribution is -2.20. The van der Waals surface area contributed by atoms with Crippen LogP contribution in [0.4, 0.5) is 0 Å². The molecule has 0 rings (SSSR count). The van der Waals surface area contributed by atoms with Crippen LogP contribution < -0.4 is 5.32 Å². The van der Waals surface area contributed by atoms with E-state index in [0.717, 1.165) is 0 Å². The summed E-state index contributed by atoms with van der Waals surface area (Å²) < 4.78 is 4.70. The Bertz CT molecular complexity index is 129. The summed E-state index contributed by atoms with van der Waals surface area (Å²) in [6, 6.07) is 0. The number of ether oxygens (including phenoxy) is 1. The third-order valence-corrected chi connectivity index (χ3v) is 0.933. The quantitative estimate of drug-likeness (QED) is 0.429. The maximum atomic E-state index is 10.7. The minimum absolute atomic E-state index is 0.194. The Morgan fingerprint density at radius 2 is 2.22 bits per heavy atom. The largest absolute Gasteiger partial charge is 0.491 e. The third-order valence-electron chi connectivity index (χ3n) is 0.933. The molecule has 3 heteroatoms. The number of amides is 1. The van der Waals surface area contributed by atoms with E-state index < -0.39 is 0 Å². The molecule has 9 heavy (non-hydrogen) atoms. The fourth-order valence-corrected chi connectivity index (χ4v) is 0.465. The van der Waals surface area contributed by atoms with E-state index in [-0.39, 0.29) is 5.91 Å². The molecule has 1 N–H and O–H groups in total. The van der Waals surface area contributed by atoms with Gasteiger partial charge in [0.2, 0.25) is 0 Å². The van der Waals surface area contributed by atoms with Crippen LogP contribution in [-0.4, -0.2) is 20.1 Å². The lowest BCUT2D eigenvalue weighted by atomic mass is 10.4. The van der Waals surface area contributed by atoms with Crippen LogP contribution in [0.3, 0.4) is 0 Å². The van der Waals surface area contributed by atoms with E-state index in [2.05, 4.69) is 5.32 Å². The first kappa shape index (κ1) is 8.01. The van der Waals surface area contributed by atoms with E-state index in [1.54, 1.807) is 20.0 Å². The van der Waals surface area contributed by atoms with Gasteiger partial charge in [-0.05, 0) is 13.0 Å². The van der Waals surface area contributed by atoms with Crippen molar-refractivity contribution >= 4 is 5.91 Å². The van der Waals surface area contributed by atoms with Crippen molar-refractivity contribution in [3.05, 3.63) is 11.8 Å². The zero-order valence-electron chi connectivity index (χ0n) is 5.89. The minimum Gasteiger partial charge on any atom is -0.491 e. The van der Waals surface area contributed by atoms with Crippen molar-refractivity contribution in [2.75, 3.05) is 14.2 Å². The summed E-state index contributed by atoms with van der Waals surface area (Å²) in [5.74, 6) is 0.150. The van der Waals surface area contributed by atoms with Gasteiger partial charge < -0.3 is 10.1 Å². The smallest absolute Gasteiger partial charge is 0.285 e. The number of carbonyl (C=O) groups excluding carboxylic acids is 1. The molecule has 1 amide bonds. The van der Waals surface area contributed by atoms with Gasteiger partial charge in [-0.25, -0.2) is 0 Å². The number of nitrogens with one attached hydrogen (secondary N) is 1. The first-order chi connectivity index (χ1) is 4.26. The van der Waals surface area contributed by atoms with Crippen LogP contribution in [0.25, 0.3) is 0 Å². The molecule has 0 radical (unpaired) electrons. The fraction of sp³-hybridized carbons (Fsp3) is 0.500. The maximum Gasteiger partial charge on any atom is 0.285 e. The van der Waals surface area contributed by atoms with Crippen LogP contribution in [0, 0.1) is 0 Å². The summed E-state index contributed by atoms with van der Waals surface area (Å²) in [6.45, 7) is 1.74. The number of hydrogen-bond acceptors (Lipinski definition) is 2. The van der Waals surface area contributed by atoms with E-state index in [4.69, 9.17) is 4.74 Å². The second kappa shape index (κ2) is 3.95. The third kappa shape index (κ3) is 2.17. The van der Waals surface area contributed by atoms with Gasteiger partial charge in [0.25, 0.3) is 5.91 Å². The average Bonchev–Trinajstić information content (AvgIpc) is 1.90. The number of methoxy groups -OCH3 is 1. The molecule has 0 unspecified atom stereocenters. The Labute approximate surface area is 54.7 Å². The van der Waals surface area contributed by atoms with E-state index >= 15 is 0 Å². The minimum atomic E-state index is -0.194. The summed E-state index contributed by atoms with van der Waals surface area (Å²) in [6.07, 6.45) is 1.61. The van der Waals surface area contributed by atoms with Gasteiger partial charge in [-0.2, -0.15) is 0 Å². The standard InChI is InChI=1S/C6H11NO2/c1-4-5(9-3)6(8)7-2/h4H,1-3H3,(H,7,8)/b5-4-. The predicted octanol–water partition coefficient (Wildman–Crippen LogP) is 0.283. The molecule has 0 atom stereocenters. The van der Waals surface area contributed by atoms with Crippen molar-refractivity contribution in [1.29, 1.82) is 0 Å². The molecular weight excluding hydrogens is 118 g/mol. The molecule has 0 fully saturated rings. The lowest BCUT2D eigenvalue weighted by molar-refractivity contribution is -0.119. The first-order valence-electron chi connectivity index (χ1n) is 2.68. The molecule has 0 aromatic rings. The zero-order chi connectivity index (χ0) is 7.28. The summed E-state index contributed by atoms with van der Waals surface area (Å²) in [4.78, 5) is 10.7. The van der Waals surface area contributed by atoms with E-state index in [9.17, 15) is 4.79 Å².